The molecule has 2 aromatic carbocycles. The fraction of sp³-hybridized carbons (Fsp3) is 0.435. The summed E-state index contributed by atoms with van der Waals surface area (Å²) >= 11 is 0. The monoisotopic (exact) mass is 382 g/mol. The molecule has 0 radical (unpaired) electrons. The summed E-state index contributed by atoms with van der Waals surface area (Å²) in [5.74, 6) is 1.84. The lowest BCUT2D eigenvalue weighted by Gasteiger charge is -2.31. The van der Waals surface area contributed by atoms with E-state index in [2.05, 4.69) is 24.0 Å². The van der Waals surface area contributed by atoms with Crippen molar-refractivity contribution in [3.05, 3.63) is 58.7 Å². The molecule has 1 aliphatic rings. The maximum atomic E-state index is 13.3. The molecule has 0 spiro atoms. The summed E-state index contributed by atoms with van der Waals surface area (Å²) in [7, 11) is 5.71. The van der Waals surface area contributed by atoms with Gasteiger partial charge in [0.25, 0.3) is 0 Å². The molecule has 0 aliphatic carbocycles. The van der Waals surface area contributed by atoms with Crippen molar-refractivity contribution in [1.29, 1.82) is 0 Å². The molecule has 0 fully saturated rings. The molecule has 5 heteroatoms. The topological polar surface area (TPSA) is 42.0 Å². The molecular weight excluding hydrogens is 352 g/mol. The number of nitrogens with zero attached hydrogens (tertiary/aromatic N) is 2. The number of fused-ring (bicyclic) bond motifs is 1. The molecule has 1 aliphatic heterocycles. The van der Waals surface area contributed by atoms with Crippen LogP contribution in [0.2, 0.25) is 0 Å². The maximum absolute atomic E-state index is 13.3. The number of aryl methyl sites for hydroxylation is 2. The molecule has 0 N–H and O–H groups in total. The normalized spacial score (nSPS) is 16.4. The van der Waals surface area contributed by atoms with Crippen molar-refractivity contribution in [1.82, 2.24) is 9.80 Å². The quantitative estimate of drug-likeness (QED) is 0.796. The Morgan fingerprint density at radius 2 is 2.00 bits per heavy atom. The number of benzene rings is 2. The number of hydrogen-bond donors (Lipinski definition) is 0. The first-order valence-corrected chi connectivity index (χ1v) is 9.67. The lowest BCUT2D eigenvalue weighted by molar-refractivity contribution is -0.134. The van der Waals surface area contributed by atoms with Crippen LogP contribution in [0.4, 0.5) is 0 Å². The summed E-state index contributed by atoms with van der Waals surface area (Å²) in [6.45, 7) is 5.90. The highest BCUT2D eigenvalue weighted by atomic mass is 16.5. The molecular formula is C23H30N2O3. The lowest BCUT2D eigenvalue weighted by Crippen LogP contribution is -2.47. The summed E-state index contributed by atoms with van der Waals surface area (Å²) < 4.78 is 11.4. The Morgan fingerprint density at radius 1 is 1.21 bits per heavy atom. The van der Waals surface area contributed by atoms with Gasteiger partial charge in [-0.25, -0.2) is 0 Å². The van der Waals surface area contributed by atoms with Crippen LogP contribution in [0.15, 0.2) is 36.4 Å². The molecule has 1 atom stereocenters. The second-order valence-corrected chi connectivity index (χ2v) is 7.84. The van der Waals surface area contributed by atoms with E-state index >= 15 is 0 Å². The minimum absolute atomic E-state index is 0.00884. The molecule has 5 nitrogen and oxygen atoms in total. The predicted octanol–water partition coefficient (Wildman–Crippen LogP) is 3.21. The van der Waals surface area contributed by atoms with Crippen molar-refractivity contribution in [2.24, 2.45) is 0 Å². The van der Waals surface area contributed by atoms with Crippen LogP contribution in [0, 0.1) is 13.8 Å². The zero-order chi connectivity index (χ0) is 20.3. The van der Waals surface area contributed by atoms with Gasteiger partial charge in [0, 0.05) is 18.7 Å². The van der Waals surface area contributed by atoms with E-state index in [0.717, 1.165) is 34.7 Å². The molecule has 0 aromatic heterocycles. The number of amides is 1. The number of methoxy groups -OCH3 is 1. The Morgan fingerprint density at radius 3 is 2.68 bits per heavy atom. The third-order valence-electron chi connectivity index (χ3n) is 5.14. The van der Waals surface area contributed by atoms with Crippen molar-refractivity contribution in [2.75, 3.05) is 34.4 Å². The molecule has 2 aromatic rings. The molecule has 1 amide bonds. The number of likely N-dealkylation sites (N-methyl/N-ethyl adjacent to an activating group) is 1. The van der Waals surface area contributed by atoms with Crippen molar-refractivity contribution in [3.63, 3.8) is 0 Å². The summed E-state index contributed by atoms with van der Waals surface area (Å²) in [5.41, 5.74) is 4.28. The van der Waals surface area contributed by atoms with Crippen molar-refractivity contribution < 1.29 is 14.3 Å². The maximum Gasteiger partial charge on any atom is 0.227 e. The lowest BCUT2D eigenvalue weighted by atomic mass is 10.1. The van der Waals surface area contributed by atoms with Gasteiger partial charge in [-0.3, -0.25) is 4.79 Å². The van der Waals surface area contributed by atoms with Crippen LogP contribution < -0.4 is 9.47 Å². The first-order valence-electron chi connectivity index (χ1n) is 9.67. The Labute approximate surface area is 167 Å². The second-order valence-electron chi connectivity index (χ2n) is 7.84. The number of ether oxygens (including phenoxy) is 2. The van der Waals surface area contributed by atoms with E-state index in [0.29, 0.717) is 19.6 Å². The minimum atomic E-state index is 0.00884. The summed E-state index contributed by atoms with van der Waals surface area (Å²) in [5, 5.41) is 0. The highest BCUT2D eigenvalue weighted by Crippen LogP contribution is 2.27. The molecule has 0 saturated heterocycles. The van der Waals surface area contributed by atoms with E-state index in [1.807, 2.05) is 50.2 Å². The van der Waals surface area contributed by atoms with Crippen LogP contribution in [0.3, 0.4) is 0 Å². The van der Waals surface area contributed by atoms with Crippen molar-refractivity contribution in [2.45, 2.75) is 32.9 Å². The van der Waals surface area contributed by atoms with E-state index in [-0.39, 0.29) is 11.9 Å². The molecule has 1 heterocycles. The van der Waals surface area contributed by atoms with Crippen LogP contribution in [0.5, 0.6) is 11.5 Å². The van der Waals surface area contributed by atoms with Gasteiger partial charge < -0.3 is 19.3 Å². The van der Waals surface area contributed by atoms with Crippen LogP contribution in [-0.4, -0.2) is 56.1 Å². The van der Waals surface area contributed by atoms with E-state index in [1.165, 1.54) is 5.56 Å². The zero-order valence-corrected chi connectivity index (χ0v) is 17.5. The molecule has 3 rings (SSSR count). The standard InChI is InChI=1S/C23H30N2O3/c1-16-6-8-22-19(10-16)13-25(20(15-28-22)14-24(3)4)23(26)12-18-7-9-21(27-5)17(2)11-18/h6-11,20H,12-15H2,1-5H3/t20-/m0/s1. The summed E-state index contributed by atoms with van der Waals surface area (Å²) in [4.78, 5) is 17.4. The average molecular weight is 383 g/mol. The van der Waals surface area contributed by atoms with Gasteiger partial charge in [-0.05, 0) is 51.2 Å². The van der Waals surface area contributed by atoms with Crippen molar-refractivity contribution >= 4 is 5.91 Å². The Hall–Kier alpha value is -2.53. The largest absolute Gasteiger partial charge is 0.496 e. The summed E-state index contributed by atoms with van der Waals surface area (Å²) in [6, 6.07) is 12.1. The number of hydrogen-bond acceptors (Lipinski definition) is 4. The van der Waals surface area contributed by atoms with Crippen LogP contribution in [0.25, 0.3) is 0 Å². The highest BCUT2D eigenvalue weighted by molar-refractivity contribution is 5.79. The molecule has 0 unspecified atom stereocenters. The molecule has 0 bridgehead atoms. The van der Waals surface area contributed by atoms with E-state index < -0.39 is 0 Å². The molecule has 28 heavy (non-hydrogen) atoms. The van der Waals surface area contributed by atoms with E-state index in [9.17, 15) is 4.79 Å². The van der Waals surface area contributed by atoms with Crippen LogP contribution in [0.1, 0.15) is 22.3 Å². The van der Waals surface area contributed by atoms with Crippen LogP contribution in [-0.2, 0) is 17.8 Å². The van der Waals surface area contributed by atoms with E-state index in [4.69, 9.17) is 9.47 Å². The van der Waals surface area contributed by atoms with Gasteiger partial charge in [-0.15, -0.1) is 0 Å². The van der Waals surface area contributed by atoms with Crippen LogP contribution >= 0.6 is 0 Å². The van der Waals surface area contributed by atoms with E-state index in [1.54, 1.807) is 7.11 Å². The highest BCUT2D eigenvalue weighted by Gasteiger charge is 2.29. The zero-order valence-electron chi connectivity index (χ0n) is 17.5. The van der Waals surface area contributed by atoms with Gasteiger partial charge in [0.1, 0.15) is 18.1 Å². The Kier molecular flexibility index (Phi) is 6.25. The smallest absolute Gasteiger partial charge is 0.227 e. The van der Waals surface area contributed by atoms with Gasteiger partial charge in [0.2, 0.25) is 5.91 Å². The minimum Gasteiger partial charge on any atom is -0.496 e. The second kappa shape index (κ2) is 8.65. The number of rotatable bonds is 5. The van der Waals surface area contributed by atoms with Gasteiger partial charge >= 0.3 is 0 Å². The predicted molar refractivity (Wildman–Crippen MR) is 111 cm³/mol. The first-order chi connectivity index (χ1) is 13.4. The Balaban J connectivity index is 1.85. The van der Waals surface area contributed by atoms with Gasteiger partial charge in [-0.2, -0.15) is 0 Å². The SMILES string of the molecule is COc1ccc(CC(=O)N2Cc3cc(C)ccc3OC[C@@H]2CN(C)C)cc1C. The fourth-order valence-electron chi connectivity index (χ4n) is 3.75. The molecule has 150 valence electrons. The van der Waals surface area contributed by atoms with Gasteiger partial charge in [-0.1, -0.05) is 29.8 Å². The van der Waals surface area contributed by atoms with Gasteiger partial charge in [0.05, 0.1) is 19.6 Å². The third kappa shape index (κ3) is 4.65. The fourth-order valence-corrected chi connectivity index (χ4v) is 3.75. The van der Waals surface area contributed by atoms with Gasteiger partial charge in [0.15, 0.2) is 0 Å². The number of carbonyl (C=O) groups excluding carboxylic acids is 1. The first kappa shape index (κ1) is 20.2. The average Bonchev–Trinajstić information content (AvgIpc) is 2.81. The molecule has 0 saturated carbocycles. The Bertz CT molecular complexity index is 848. The third-order valence-corrected chi connectivity index (χ3v) is 5.14. The summed E-state index contributed by atoms with van der Waals surface area (Å²) in [6.07, 6.45) is 0.371. The van der Waals surface area contributed by atoms with Crippen molar-refractivity contribution in [3.8, 4) is 11.5 Å². The number of carbonyl (C=O) groups is 1.